The van der Waals surface area contributed by atoms with Gasteiger partial charge < -0.3 is 10.6 Å². The summed E-state index contributed by atoms with van der Waals surface area (Å²) < 4.78 is 14.0. The van der Waals surface area contributed by atoms with E-state index in [0.29, 0.717) is 18.2 Å². The molecule has 0 amide bonds. The summed E-state index contributed by atoms with van der Waals surface area (Å²) in [6.07, 6.45) is 0.730. The van der Waals surface area contributed by atoms with Crippen LogP contribution in [0.4, 0.5) is 10.1 Å². The summed E-state index contributed by atoms with van der Waals surface area (Å²) in [6, 6.07) is 5.44. The number of nitrogens with zero attached hydrogens (tertiary/aromatic N) is 1. The zero-order valence-corrected chi connectivity index (χ0v) is 11.0. The maximum Gasteiger partial charge on any atom is 0.146 e. The van der Waals surface area contributed by atoms with E-state index in [9.17, 15) is 4.39 Å². The maximum atomic E-state index is 14.0. The molecule has 0 aliphatic heterocycles. The second-order valence-electron chi connectivity index (χ2n) is 4.76. The van der Waals surface area contributed by atoms with Gasteiger partial charge in [-0.05, 0) is 43.5 Å². The van der Waals surface area contributed by atoms with Gasteiger partial charge in [-0.15, -0.1) is 0 Å². The summed E-state index contributed by atoms with van der Waals surface area (Å²) in [4.78, 5) is 2.08. The molecule has 0 aliphatic rings. The molecular weight excluding hydrogens is 215 g/mol. The molecule has 0 bridgehead atoms. The van der Waals surface area contributed by atoms with Crippen LogP contribution in [0, 0.1) is 11.7 Å². The summed E-state index contributed by atoms with van der Waals surface area (Å²) in [6.45, 7) is 8.60. The minimum absolute atomic E-state index is 0.140. The van der Waals surface area contributed by atoms with Crippen LogP contribution in [0.25, 0.3) is 0 Å². The average molecular weight is 238 g/mol. The number of halogens is 1. The van der Waals surface area contributed by atoms with Crippen LogP contribution in [0.5, 0.6) is 0 Å². The number of benzene rings is 1. The monoisotopic (exact) mass is 238 g/mol. The van der Waals surface area contributed by atoms with Crippen LogP contribution in [0.2, 0.25) is 0 Å². The van der Waals surface area contributed by atoms with Gasteiger partial charge in [0.1, 0.15) is 5.82 Å². The van der Waals surface area contributed by atoms with Gasteiger partial charge in [0, 0.05) is 13.1 Å². The van der Waals surface area contributed by atoms with E-state index in [0.717, 1.165) is 25.1 Å². The molecule has 17 heavy (non-hydrogen) atoms. The van der Waals surface area contributed by atoms with E-state index in [1.54, 1.807) is 6.07 Å². The van der Waals surface area contributed by atoms with Crippen LogP contribution in [0.1, 0.15) is 26.3 Å². The summed E-state index contributed by atoms with van der Waals surface area (Å²) in [5.41, 5.74) is 7.13. The van der Waals surface area contributed by atoms with Crippen LogP contribution >= 0.6 is 0 Å². The van der Waals surface area contributed by atoms with Gasteiger partial charge in [-0.2, -0.15) is 0 Å². The van der Waals surface area contributed by atoms with Crippen molar-refractivity contribution in [1.82, 2.24) is 0 Å². The minimum Gasteiger partial charge on any atom is -0.369 e. The van der Waals surface area contributed by atoms with E-state index in [1.807, 2.05) is 12.1 Å². The summed E-state index contributed by atoms with van der Waals surface area (Å²) >= 11 is 0. The molecule has 0 atom stereocenters. The molecule has 0 saturated carbocycles. The molecule has 1 aromatic carbocycles. The SMILES string of the molecule is CCN(CC(C)C)c1ccc(CCN)cc1F. The first-order chi connectivity index (χ1) is 8.08. The number of hydrogen-bond donors (Lipinski definition) is 1. The van der Waals surface area contributed by atoms with Gasteiger partial charge in [-0.3, -0.25) is 0 Å². The molecule has 3 heteroatoms. The minimum atomic E-state index is -0.140. The van der Waals surface area contributed by atoms with Crippen molar-refractivity contribution < 1.29 is 4.39 Å². The first kappa shape index (κ1) is 14.0. The van der Waals surface area contributed by atoms with Crippen molar-refractivity contribution in [2.75, 3.05) is 24.5 Å². The van der Waals surface area contributed by atoms with Gasteiger partial charge in [0.2, 0.25) is 0 Å². The van der Waals surface area contributed by atoms with Crippen molar-refractivity contribution in [3.63, 3.8) is 0 Å². The normalized spacial score (nSPS) is 10.9. The molecule has 0 unspecified atom stereocenters. The summed E-state index contributed by atoms with van der Waals surface area (Å²) in [7, 11) is 0. The van der Waals surface area contributed by atoms with Gasteiger partial charge in [-0.1, -0.05) is 19.9 Å². The Morgan fingerprint density at radius 2 is 2.06 bits per heavy atom. The molecule has 0 saturated heterocycles. The largest absolute Gasteiger partial charge is 0.369 e. The van der Waals surface area contributed by atoms with E-state index in [1.165, 1.54) is 0 Å². The highest BCUT2D eigenvalue weighted by Crippen LogP contribution is 2.21. The molecule has 2 nitrogen and oxygen atoms in total. The first-order valence-corrected chi connectivity index (χ1v) is 6.31. The van der Waals surface area contributed by atoms with E-state index in [4.69, 9.17) is 5.73 Å². The van der Waals surface area contributed by atoms with E-state index in [2.05, 4.69) is 25.7 Å². The lowest BCUT2D eigenvalue weighted by Crippen LogP contribution is -2.28. The Kier molecular flexibility index (Phi) is 5.42. The van der Waals surface area contributed by atoms with Crippen molar-refractivity contribution in [3.05, 3.63) is 29.6 Å². The average Bonchev–Trinajstić information content (AvgIpc) is 2.27. The Hall–Kier alpha value is -1.09. The highest BCUT2D eigenvalue weighted by Gasteiger charge is 2.11. The predicted molar refractivity (Wildman–Crippen MR) is 71.9 cm³/mol. The predicted octanol–water partition coefficient (Wildman–Crippen LogP) is 2.81. The van der Waals surface area contributed by atoms with Crippen molar-refractivity contribution in [1.29, 1.82) is 0 Å². The molecule has 0 aliphatic carbocycles. The van der Waals surface area contributed by atoms with E-state index >= 15 is 0 Å². The van der Waals surface area contributed by atoms with Crippen LogP contribution in [0.3, 0.4) is 0 Å². The van der Waals surface area contributed by atoms with Crippen molar-refractivity contribution in [2.24, 2.45) is 11.7 Å². The molecule has 0 heterocycles. The molecule has 0 spiro atoms. The van der Waals surface area contributed by atoms with Crippen molar-refractivity contribution >= 4 is 5.69 Å². The fraction of sp³-hybridized carbons (Fsp3) is 0.571. The zero-order chi connectivity index (χ0) is 12.8. The first-order valence-electron chi connectivity index (χ1n) is 6.31. The van der Waals surface area contributed by atoms with Crippen molar-refractivity contribution in [3.8, 4) is 0 Å². The fourth-order valence-electron chi connectivity index (χ4n) is 1.97. The molecule has 0 fully saturated rings. The number of nitrogens with two attached hydrogens (primary N) is 1. The van der Waals surface area contributed by atoms with Crippen LogP contribution in [-0.2, 0) is 6.42 Å². The third-order valence-corrected chi connectivity index (χ3v) is 2.75. The lowest BCUT2D eigenvalue weighted by atomic mass is 10.1. The lowest BCUT2D eigenvalue weighted by Gasteiger charge is -2.25. The van der Waals surface area contributed by atoms with Gasteiger partial charge in [-0.25, -0.2) is 4.39 Å². The molecular formula is C14H23FN2. The van der Waals surface area contributed by atoms with Crippen molar-refractivity contribution in [2.45, 2.75) is 27.2 Å². The third kappa shape index (κ3) is 4.00. The Labute approximate surface area is 104 Å². The molecule has 0 radical (unpaired) electrons. The standard InChI is InChI=1S/C14H23FN2/c1-4-17(10-11(2)3)14-6-5-12(7-8-16)9-13(14)15/h5-6,9,11H,4,7-8,10,16H2,1-3H3. The third-order valence-electron chi connectivity index (χ3n) is 2.75. The Morgan fingerprint density at radius 3 is 2.53 bits per heavy atom. The Balaban J connectivity index is 2.88. The van der Waals surface area contributed by atoms with Gasteiger partial charge in [0.05, 0.1) is 5.69 Å². The van der Waals surface area contributed by atoms with Gasteiger partial charge in [0.25, 0.3) is 0 Å². The van der Waals surface area contributed by atoms with E-state index < -0.39 is 0 Å². The number of rotatable bonds is 6. The smallest absolute Gasteiger partial charge is 0.146 e. The van der Waals surface area contributed by atoms with E-state index in [-0.39, 0.29) is 5.82 Å². The molecule has 1 aromatic rings. The second-order valence-corrected chi connectivity index (χ2v) is 4.76. The summed E-state index contributed by atoms with van der Waals surface area (Å²) in [5, 5.41) is 0. The Morgan fingerprint density at radius 1 is 1.35 bits per heavy atom. The second kappa shape index (κ2) is 6.60. The highest BCUT2D eigenvalue weighted by molar-refractivity contribution is 5.49. The molecule has 1 rings (SSSR count). The maximum absolute atomic E-state index is 14.0. The summed E-state index contributed by atoms with van der Waals surface area (Å²) in [5.74, 6) is 0.386. The van der Waals surface area contributed by atoms with Crippen LogP contribution < -0.4 is 10.6 Å². The zero-order valence-electron chi connectivity index (χ0n) is 11.0. The van der Waals surface area contributed by atoms with Crippen LogP contribution in [-0.4, -0.2) is 19.6 Å². The molecule has 96 valence electrons. The molecule has 0 aromatic heterocycles. The highest BCUT2D eigenvalue weighted by atomic mass is 19.1. The number of anilines is 1. The number of hydrogen-bond acceptors (Lipinski definition) is 2. The van der Waals surface area contributed by atoms with Crippen LogP contribution in [0.15, 0.2) is 18.2 Å². The van der Waals surface area contributed by atoms with Gasteiger partial charge >= 0.3 is 0 Å². The van der Waals surface area contributed by atoms with Gasteiger partial charge in [0.15, 0.2) is 0 Å². The molecule has 2 N–H and O–H groups in total. The lowest BCUT2D eigenvalue weighted by molar-refractivity contribution is 0.585. The Bertz CT molecular complexity index is 350. The topological polar surface area (TPSA) is 29.3 Å². The quantitative estimate of drug-likeness (QED) is 0.825. The fourth-order valence-corrected chi connectivity index (χ4v) is 1.97.